The first-order chi connectivity index (χ1) is 19.6. The van der Waals surface area contributed by atoms with Crippen LogP contribution in [0.25, 0.3) is 0 Å². The smallest absolute Gasteiger partial charge is 0.241 e. The largest absolute Gasteiger partial charge is 0.337 e. The summed E-state index contributed by atoms with van der Waals surface area (Å²) in [5, 5.41) is 0. The molecule has 1 amide bonds. The number of imidazole rings is 1. The standard InChI is InChI=1S/C32H35FN4O3S/c1-22-10-14-28(15-11-22)41(39,40)35-30-9-5-6-24-12-13-27(20-29(24)30)37(21-31-34-16-17-36(31)3)32(38)18-23(2)25-7-4-8-26(33)19-25/h4,7-8,10-17,19-20,23,30,35H,5-6,9,18,21H2,1-3H3/t23-,30+/m1/s1. The van der Waals surface area contributed by atoms with Crippen molar-refractivity contribution in [1.29, 1.82) is 0 Å². The molecule has 0 aliphatic heterocycles. The van der Waals surface area contributed by atoms with Gasteiger partial charge in [-0.25, -0.2) is 22.5 Å². The van der Waals surface area contributed by atoms with Gasteiger partial charge in [-0.3, -0.25) is 4.79 Å². The van der Waals surface area contributed by atoms with Crippen molar-refractivity contribution in [3.05, 3.63) is 113 Å². The molecule has 0 spiro atoms. The summed E-state index contributed by atoms with van der Waals surface area (Å²) in [6.07, 6.45) is 6.04. The summed E-state index contributed by atoms with van der Waals surface area (Å²) in [6.45, 7) is 4.07. The SMILES string of the molecule is Cc1ccc(S(=O)(=O)N[C@H]2CCCc3ccc(N(Cc4nccn4C)C(=O)C[C@@H](C)c4cccc(F)c4)cc32)cc1. The monoisotopic (exact) mass is 574 g/mol. The molecule has 1 aliphatic rings. The summed E-state index contributed by atoms with van der Waals surface area (Å²) >= 11 is 0. The van der Waals surface area contributed by atoms with Gasteiger partial charge >= 0.3 is 0 Å². The number of aromatic nitrogens is 2. The molecule has 214 valence electrons. The number of aryl methyl sites for hydroxylation is 3. The quantitative estimate of drug-likeness (QED) is 0.268. The Morgan fingerprint density at radius 1 is 1.15 bits per heavy atom. The van der Waals surface area contributed by atoms with E-state index in [4.69, 9.17) is 0 Å². The van der Waals surface area contributed by atoms with Gasteiger partial charge in [0.15, 0.2) is 0 Å². The third kappa shape index (κ3) is 6.57. The van der Waals surface area contributed by atoms with Crippen LogP contribution in [0.1, 0.15) is 66.2 Å². The van der Waals surface area contributed by atoms with Crippen LogP contribution in [-0.4, -0.2) is 23.9 Å². The normalized spacial score (nSPS) is 15.8. The molecule has 0 saturated carbocycles. The van der Waals surface area contributed by atoms with Crippen LogP contribution in [-0.2, 0) is 34.8 Å². The van der Waals surface area contributed by atoms with Crippen molar-refractivity contribution in [2.24, 2.45) is 7.05 Å². The molecular formula is C32H35FN4O3S. The third-order valence-electron chi connectivity index (χ3n) is 7.80. The van der Waals surface area contributed by atoms with Crippen LogP contribution in [0.5, 0.6) is 0 Å². The van der Waals surface area contributed by atoms with Gasteiger partial charge in [-0.15, -0.1) is 0 Å². The van der Waals surface area contributed by atoms with Gasteiger partial charge in [-0.2, -0.15) is 0 Å². The number of benzene rings is 3. The van der Waals surface area contributed by atoms with Crippen molar-refractivity contribution in [2.75, 3.05) is 4.90 Å². The molecule has 1 heterocycles. The van der Waals surface area contributed by atoms with Gasteiger partial charge in [-0.1, -0.05) is 42.8 Å². The molecule has 1 aliphatic carbocycles. The number of rotatable bonds is 9. The molecular weight excluding hydrogens is 539 g/mol. The average molecular weight is 575 g/mol. The number of anilines is 1. The Bertz CT molecular complexity index is 1650. The summed E-state index contributed by atoms with van der Waals surface area (Å²) < 4.78 is 45.2. The minimum Gasteiger partial charge on any atom is -0.337 e. The molecule has 7 nitrogen and oxygen atoms in total. The molecule has 1 N–H and O–H groups in total. The number of nitrogens with one attached hydrogen (secondary N) is 1. The maximum Gasteiger partial charge on any atom is 0.241 e. The van der Waals surface area contributed by atoms with Crippen LogP contribution >= 0.6 is 0 Å². The molecule has 0 fully saturated rings. The van der Waals surface area contributed by atoms with Crippen molar-refractivity contribution in [2.45, 2.75) is 62.9 Å². The van der Waals surface area contributed by atoms with E-state index in [0.717, 1.165) is 35.1 Å². The van der Waals surface area contributed by atoms with E-state index >= 15 is 0 Å². The van der Waals surface area contributed by atoms with E-state index < -0.39 is 16.1 Å². The zero-order valence-electron chi connectivity index (χ0n) is 23.5. The van der Waals surface area contributed by atoms with Crippen molar-refractivity contribution in [3.8, 4) is 0 Å². The molecule has 0 bridgehead atoms. The van der Waals surface area contributed by atoms with Gasteiger partial charge in [0, 0.05) is 37.6 Å². The number of fused-ring (bicyclic) bond motifs is 1. The van der Waals surface area contributed by atoms with E-state index in [1.54, 1.807) is 41.4 Å². The van der Waals surface area contributed by atoms with Gasteiger partial charge < -0.3 is 9.47 Å². The van der Waals surface area contributed by atoms with E-state index in [1.165, 1.54) is 12.1 Å². The zero-order chi connectivity index (χ0) is 29.1. The van der Waals surface area contributed by atoms with Crippen molar-refractivity contribution in [1.82, 2.24) is 14.3 Å². The number of carbonyl (C=O) groups excluding carboxylic acids is 1. The number of halogens is 1. The van der Waals surface area contributed by atoms with E-state index in [1.807, 2.05) is 55.9 Å². The van der Waals surface area contributed by atoms with Gasteiger partial charge in [0.05, 0.1) is 11.4 Å². The second-order valence-corrected chi connectivity index (χ2v) is 12.6. The molecule has 9 heteroatoms. The molecule has 0 unspecified atom stereocenters. The highest BCUT2D eigenvalue weighted by Gasteiger charge is 2.28. The first-order valence-corrected chi connectivity index (χ1v) is 15.3. The van der Waals surface area contributed by atoms with Crippen LogP contribution in [0.3, 0.4) is 0 Å². The minimum atomic E-state index is -3.74. The fourth-order valence-corrected chi connectivity index (χ4v) is 6.62. The fourth-order valence-electron chi connectivity index (χ4n) is 5.37. The molecule has 0 radical (unpaired) electrons. The Morgan fingerprint density at radius 3 is 2.63 bits per heavy atom. The Balaban J connectivity index is 1.46. The van der Waals surface area contributed by atoms with Crippen LogP contribution in [0.4, 0.5) is 10.1 Å². The average Bonchev–Trinajstić information content (AvgIpc) is 3.35. The molecule has 3 aromatic carbocycles. The lowest BCUT2D eigenvalue weighted by Gasteiger charge is -2.30. The number of hydrogen-bond donors (Lipinski definition) is 1. The molecule has 5 rings (SSSR count). The van der Waals surface area contributed by atoms with Crippen LogP contribution in [0.2, 0.25) is 0 Å². The van der Waals surface area contributed by atoms with Gasteiger partial charge in [0.25, 0.3) is 0 Å². The minimum absolute atomic E-state index is 0.127. The Labute approximate surface area is 241 Å². The highest BCUT2D eigenvalue weighted by Crippen LogP contribution is 2.35. The molecule has 4 aromatic rings. The lowest BCUT2D eigenvalue weighted by atomic mass is 9.87. The van der Waals surface area contributed by atoms with Crippen molar-refractivity contribution < 1.29 is 17.6 Å². The molecule has 0 saturated heterocycles. The molecule has 1 aromatic heterocycles. The van der Waals surface area contributed by atoms with Gasteiger partial charge in [0.1, 0.15) is 11.6 Å². The highest BCUT2D eigenvalue weighted by atomic mass is 32.2. The maximum atomic E-state index is 13.9. The summed E-state index contributed by atoms with van der Waals surface area (Å²) in [5.74, 6) is 0.0534. The van der Waals surface area contributed by atoms with Gasteiger partial charge in [-0.05, 0) is 85.2 Å². The van der Waals surface area contributed by atoms with Crippen molar-refractivity contribution in [3.63, 3.8) is 0 Å². The van der Waals surface area contributed by atoms with Crippen LogP contribution < -0.4 is 9.62 Å². The molecule has 41 heavy (non-hydrogen) atoms. The van der Waals surface area contributed by atoms with E-state index in [2.05, 4.69) is 9.71 Å². The summed E-state index contributed by atoms with van der Waals surface area (Å²) in [6, 6.07) is 18.6. The molecule has 2 atom stereocenters. The van der Waals surface area contributed by atoms with Gasteiger partial charge in [0.2, 0.25) is 15.9 Å². The number of carbonyl (C=O) groups is 1. The summed E-state index contributed by atoms with van der Waals surface area (Å²) in [4.78, 5) is 20.2. The first-order valence-electron chi connectivity index (χ1n) is 13.8. The number of nitrogens with zero attached hydrogens (tertiary/aromatic N) is 3. The van der Waals surface area contributed by atoms with Crippen LogP contribution in [0, 0.1) is 12.7 Å². The fraction of sp³-hybridized carbons (Fsp3) is 0.312. The lowest BCUT2D eigenvalue weighted by Crippen LogP contribution is -2.34. The predicted molar refractivity (Wildman–Crippen MR) is 157 cm³/mol. The number of hydrogen-bond acceptors (Lipinski definition) is 4. The second-order valence-electron chi connectivity index (χ2n) is 10.9. The van der Waals surface area contributed by atoms with E-state index in [-0.39, 0.29) is 35.5 Å². The zero-order valence-corrected chi connectivity index (χ0v) is 24.4. The van der Waals surface area contributed by atoms with E-state index in [0.29, 0.717) is 17.9 Å². The highest BCUT2D eigenvalue weighted by molar-refractivity contribution is 7.89. The summed E-state index contributed by atoms with van der Waals surface area (Å²) in [7, 11) is -1.86. The summed E-state index contributed by atoms with van der Waals surface area (Å²) in [5.41, 5.74) is 4.35. The Hall–Kier alpha value is -3.82. The first kappa shape index (κ1) is 28.7. The predicted octanol–water partition coefficient (Wildman–Crippen LogP) is 5.95. The Kier molecular flexibility index (Phi) is 8.37. The van der Waals surface area contributed by atoms with Crippen LogP contribution in [0.15, 0.2) is 84.0 Å². The second kappa shape index (κ2) is 12.0. The number of sulfonamides is 1. The lowest BCUT2D eigenvalue weighted by molar-refractivity contribution is -0.119. The Morgan fingerprint density at radius 2 is 1.93 bits per heavy atom. The third-order valence-corrected chi connectivity index (χ3v) is 9.29. The topological polar surface area (TPSA) is 84.3 Å². The maximum absolute atomic E-state index is 13.9. The number of amides is 1. The van der Waals surface area contributed by atoms with Crippen molar-refractivity contribution >= 4 is 21.6 Å². The van der Waals surface area contributed by atoms with E-state index in [9.17, 15) is 17.6 Å².